The Bertz CT molecular complexity index is 1220. The van der Waals surface area contributed by atoms with E-state index in [0.29, 0.717) is 16.4 Å². The fourth-order valence-electron chi connectivity index (χ4n) is 2.84. The summed E-state index contributed by atoms with van der Waals surface area (Å²) in [5, 5.41) is 2.63. The van der Waals surface area contributed by atoms with Crippen molar-refractivity contribution in [2.75, 3.05) is 0 Å². The van der Waals surface area contributed by atoms with Crippen LogP contribution < -0.4 is 5.56 Å². The number of hydrogen-bond donors (Lipinski definition) is 2. The Labute approximate surface area is 162 Å². The predicted molar refractivity (Wildman–Crippen MR) is 103 cm³/mol. The molecule has 27 heavy (non-hydrogen) atoms. The standard InChI is InChI=1S/C19H12ClF2N3OS/c20-11-4-1-3-10(7-11)14-8-16-23-15(9-17(26)25(16)24-14)19(27)12-5-2-6-13(21)18(12)22/h1-9,19,24,27H. The Morgan fingerprint density at radius 1 is 1.11 bits per heavy atom. The Morgan fingerprint density at radius 2 is 1.89 bits per heavy atom. The van der Waals surface area contributed by atoms with E-state index in [-0.39, 0.29) is 16.8 Å². The summed E-state index contributed by atoms with van der Waals surface area (Å²) in [4.78, 5) is 16.8. The van der Waals surface area contributed by atoms with Crippen LogP contribution in [0.5, 0.6) is 0 Å². The maximum atomic E-state index is 14.1. The number of H-pyrrole nitrogens is 1. The summed E-state index contributed by atoms with van der Waals surface area (Å²) >= 11 is 10.4. The molecule has 4 rings (SSSR count). The molecule has 1 unspecified atom stereocenters. The van der Waals surface area contributed by atoms with E-state index in [1.807, 2.05) is 6.07 Å². The molecule has 136 valence electrons. The van der Waals surface area contributed by atoms with E-state index in [1.165, 1.54) is 22.7 Å². The molecule has 0 radical (unpaired) electrons. The van der Waals surface area contributed by atoms with Gasteiger partial charge >= 0.3 is 0 Å². The molecule has 1 atom stereocenters. The van der Waals surface area contributed by atoms with Crippen molar-refractivity contribution in [3.8, 4) is 11.3 Å². The zero-order valence-electron chi connectivity index (χ0n) is 13.7. The molecule has 4 aromatic rings. The minimum Gasteiger partial charge on any atom is -0.289 e. The number of thiol groups is 1. The van der Waals surface area contributed by atoms with E-state index in [1.54, 1.807) is 24.3 Å². The Morgan fingerprint density at radius 3 is 2.67 bits per heavy atom. The lowest BCUT2D eigenvalue weighted by molar-refractivity contribution is 0.500. The number of nitrogens with one attached hydrogen (secondary N) is 1. The highest BCUT2D eigenvalue weighted by atomic mass is 35.5. The summed E-state index contributed by atoms with van der Waals surface area (Å²) in [6, 6.07) is 13.9. The van der Waals surface area contributed by atoms with Gasteiger partial charge in [-0.25, -0.2) is 18.3 Å². The van der Waals surface area contributed by atoms with Crippen LogP contribution in [-0.2, 0) is 0 Å². The first-order valence-corrected chi connectivity index (χ1v) is 8.84. The minimum atomic E-state index is -1.01. The van der Waals surface area contributed by atoms with Crippen molar-refractivity contribution >= 4 is 29.9 Å². The molecule has 2 heterocycles. The molecule has 0 fully saturated rings. The number of fused-ring (bicyclic) bond motifs is 1. The maximum Gasteiger partial charge on any atom is 0.272 e. The smallest absolute Gasteiger partial charge is 0.272 e. The number of aromatic amines is 1. The van der Waals surface area contributed by atoms with E-state index in [2.05, 4.69) is 22.7 Å². The Hall–Kier alpha value is -2.64. The normalized spacial score (nSPS) is 12.4. The molecule has 0 aliphatic heterocycles. The van der Waals surface area contributed by atoms with Crippen LogP contribution >= 0.6 is 24.2 Å². The van der Waals surface area contributed by atoms with Crippen LogP contribution in [0.15, 0.2) is 59.4 Å². The first-order valence-electron chi connectivity index (χ1n) is 7.94. The highest BCUT2D eigenvalue weighted by molar-refractivity contribution is 7.80. The monoisotopic (exact) mass is 403 g/mol. The highest BCUT2D eigenvalue weighted by Crippen LogP contribution is 2.30. The van der Waals surface area contributed by atoms with Crippen molar-refractivity contribution in [2.45, 2.75) is 5.25 Å². The van der Waals surface area contributed by atoms with Gasteiger partial charge in [0.2, 0.25) is 0 Å². The molecule has 1 N–H and O–H groups in total. The summed E-state index contributed by atoms with van der Waals surface area (Å²) in [6.07, 6.45) is 0. The average molecular weight is 404 g/mol. The first kappa shape index (κ1) is 17.8. The SMILES string of the molecule is O=c1cc(C(S)c2cccc(F)c2F)nc2cc(-c3cccc(Cl)c3)[nH]n12. The van der Waals surface area contributed by atoms with Gasteiger partial charge in [0.25, 0.3) is 5.56 Å². The van der Waals surface area contributed by atoms with Gasteiger partial charge in [0.1, 0.15) is 0 Å². The van der Waals surface area contributed by atoms with Crippen molar-refractivity contribution in [3.63, 3.8) is 0 Å². The molecule has 0 saturated carbocycles. The van der Waals surface area contributed by atoms with Gasteiger partial charge in [0, 0.05) is 28.3 Å². The number of hydrogen-bond acceptors (Lipinski definition) is 3. The lowest BCUT2D eigenvalue weighted by Gasteiger charge is -2.11. The summed E-state index contributed by atoms with van der Waals surface area (Å²) in [6.45, 7) is 0. The zero-order valence-corrected chi connectivity index (χ0v) is 15.3. The number of rotatable bonds is 3. The number of benzene rings is 2. The van der Waals surface area contributed by atoms with Crippen LogP contribution in [0.4, 0.5) is 8.78 Å². The van der Waals surface area contributed by atoms with Gasteiger partial charge < -0.3 is 0 Å². The third-order valence-corrected chi connectivity index (χ3v) is 4.94. The molecule has 0 spiro atoms. The summed E-state index contributed by atoms with van der Waals surface area (Å²) in [5.41, 5.74) is 1.62. The van der Waals surface area contributed by atoms with Crippen LogP contribution in [0.1, 0.15) is 16.5 Å². The van der Waals surface area contributed by atoms with Crippen molar-refractivity contribution in [1.29, 1.82) is 0 Å². The molecular formula is C19H12ClF2N3OS. The lowest BCUT2D eigenvalue weighted by Crippen LogP contribution is -2.16. The molecule has 2 aromatic heterocycles. The van der Waals surface area contributed by atoms with E-state index in [4.69, 9.17) is 11.6 Å². The van der Waals surface area contributed by atoms with Crippen molar-refractivity contribution < 1.29 is 8.78 Å². The molecule has 0 saturated heterocycles. The highest BCUT2D eigenvalue weighted by Gasteiger charge is 2.20. The van der Waals surface area contributed by atoms with Gasteiger partial charge in [0.05, 0.1) is 16.6 Å². The second-order valence-corrected chi connectivity index (χ2v) is 6.89. The Kier molecular flexibility index (Phi) is 4.49. The van der Waals surface area contributed by atoms with Gasteiger partial charge in [-0.2, -0.15) is 12.6 Å². The number of nitrogens with zero attached hydrogens (tertiary/aromatic N) is 2. The van der Waals surface area contributed by atoms with Crippen LogP contribution in [0.2, 0.25) is 5.02 Å². The van der Waals surface area contributed by atoms with Gasteiger partial charge in [-0.05, 0) is 18.2 Å². The lowest BCUT2D eigenvalue weighted by atomic mass is 10.1. The number of halogens is 3. The third-order valence-electron chi connectivity index (χ3n) is 4.16. The molecule has 0 aliphatic rings. The van der Waals surface area contributed by atoms with E-state index in [0.717, 1.165) is 11.6 Å². The average Bonchev–Trinajstić information content (AvgIpc) is 3.08. The molecule has 2 aromatic carbocycles. The van der Waals surface area contributed by atoms with Crippen LogP contribution in [0.25, 0.3) is 16.9 Å². The van der Waals surface area contributed by atoms with Gasteiger partial charge in [-0.1, -0.05) is 35.9 Å². The van der Waals surface area contributed by atoms with Crippen LogP contribution in [-0.4, -0.2) is 14.6 Å². The molecule has 0 amide bonds. The molecule has 0 bridgehead atoms. The fourth-order valence-corrected chi connectivity index (χ4v) is 3.37. The molecule has 0 aliphatic carbocycles. The summed E-state index contributed by atoms with van der Waals surface area (Å²) in [7, 11) is 0. The van der Waals surface area contributed by atoms with Gasteiger partial charge in [-0.3, -0.25) is 9.89 Å². The third kappa shape index (κ3) is 3.24. The Balaban J connectivity index is 1.82. The summed E-state index contributed by atoms with van der Waals surface area (Å²) < 4.78 is 28.8. The quantitative estimate of drug-likeness (QED) is 0.489. The maximum absolute atomic E-state index is 14.1. The van der Waals surface area contributed by atoms with E-state index in [9.17, 15) is 13.6 Å². The second kappa shape index (κ2) is 6.83. The van der Waals surface area contributed by atoms with Crippen molar-refractivity contribution in [1.82, 2.24) is 14.6 Å². The number of aromatic nitrogens is 3. The largest absolute Gasteiger partial charge is 0.289 e. The predicted octanol–water partition coefficient (Wildman–Crippen LogP) is 4.64. The van der Waals surface area contributed by atoms with Crippen LogP contribution in [0, 0.1) is 11.6 Å². The molecule has 4 nitrogen and oxygen atoms in total. The summed E-state index contributed by atoms with van der Waals surface area (Å²) in [5.74, 6) is -1.98. The molecular weight excluding hydrogens is 392 g/mol. The van der Waals surface area contributed by atoms with Gasteiger partial charge in [-0.15, -0.1) is 0 Å². The second-order valence-electron chi connectivity index (χ2n) is 5.94. The van der Waals surface area contributed by atoms with Crippen LogP contribution in [0.3, 0.4) is 0 Å². The van der Waals surface area contributed by atoms with E-state index < -0.39 is 16.9 Å². The van der Waals surface area contributed by atoms with Crippen molar-refractivity contribution in [2.24, 2.45) is 0 Å². The van der Waals surface area contributed by atoms with E-state index >= 15 is 0 Å². The van der Waals surface area contributed by atoms with Gasteiger partial charge in [0.15, 0.2) is 17.3 Å². The topological polar surface area (TPSA) is 50.2 Å². The minimum absolute atomic E-state index is 0.0141. The zero-order chi connectivity index (χ0) is 19.1. The van der Waals surface area contributed by atoms with Crippen molar-refractivity contribution in [3.05, 3.63) is 92.9 Å². The molecule has 8 heteroatoms. The first-order chi connectivity index (χ1) is 12.9. The fraction of sp³-hybridized carbons (Fsp3) is 0.0526.